The Hall–Kier alpha value is -3.64. The van der Waals surface area contributed by atoms with E-state index in [1.54, 1.807) is 55.5 Å². The van der Waals surface area contributed by atoms with E-state index < -0.39 is 36.3 Å². The molecule has 2 aromatic carbocycles. The number of thioether (sulfide) groups is 1. The zero-order valence-corrected chi connectivity index (χ0v) is 27.9. The third-order valence-corrected chi connectivity index (χ3v) is 8.84. The van der Waals surface area contributed by atoms with Crippen molar-refractivity contribution in [3.8, 4) is 11.5 Å². The van der Waals surface area contributed by atoms with Crippen molar-refractivity contribution in [3.63, 3.8) is 0 Å². The van der Waals surface area contributed by atoms with Crippen LogP contribution in [0.4, 0.5) is 22.0 Å². The lowest BCUT2D eigenvalue weighted by Gasteiger charge is -2.22. The average Bonchev–Trinajstić information content (AvgIpc) is 3.00. The number of carbonyl (C=O) groups is 1. The van der Waals surface area contributed by atoms with Gasteiger partial charge in [0.1, 0.15) is 22.8 Å². The fourth-order valence-electron chi connectivity index (χ4n) is 5.00. The lowest BCUT2D eigenvalue weighted by Crippen LogP contribution is -2.36. The Balaban J connectivity index is 1.60. The number of ketones is 1. The first-order chi connectivity index (χ1) is 22.6. The number of ether oxygens (including phenoxy) is 1. The van der Waals surface area contributed by atoms with Crippen LogP contribution in [0.15, 0.2) is 74.8 Å². The van der Waals surface area contributed by atoms with Gasteiger partial charge in [0, 0.05) is 22.9 Å². The predicted octanol–water partition coefficient (Wildman–Crippen LogP) is 9.51. The second kappa shape index (κ2) is 17.7. The third-order valence-electron chi connectivity index (χ3n) is 7.57. The molecule has 1 aromatic heterocycles. The Labute approximate surface area is 280 Å². The summed E-state index contributed by atoms with van der Waals surface area (Å²) in [5, 5.41) is 21.0. The number of hydrogen-bond donors (Lipinski definition) is 2. The Morgan fingerprint density at radius 2 is 1.81 bits per heavy atom. The second-order valence-corrected chi connectivity index (χ2v) is 12.8. The number of Topliss-reactive ketones (excluding diaryl/α,β-unsaturated/α-hetero) is 1. The number of aromatic hydroxyl groups is 1. The molecule has 12 heteroatoms. The number of phenolic OH excluding ortho intramolecular Hbond substituents is 1. The topological polar surface area (TPSA) is 97.0 Å². The minimum Gasteiger partial charge on any atom is -0.507 e. The van der Waals surface area contributed by atoms with Gasteiger partial charge in [-0.1, -0.05) is 37.6 Å². The van der Waals surface area contributed by atoms with E-state index in [9.17, 15) is 41.8 Å². The molecule has 0 aliphatic heterocycles. The van der Waals surface area contributed by atoms with Crippen molar-refractivity contribution >= 4 is 28.5 Å². The minimum absolute atomic E-state index is 0.0419. The molecule has 3 rings (SSSR count). The minimum atomic E-state index is -5.65. The number of aryl methyl sites for hydroxylation is 1. The summed E-state index contributed by atoms with van der Waals surface area (Å²) >= 11 is 1.17. The summed E-state index contributed by atoms with van der Waals surface area (Å²) in [7, 11) is 0. The van der Waals surface area contributed by atoms with Crippen molar-refractivity contribution < 1.29 is 46.1 Å². The quantitative estimate of drug-likeness (QED) is 0.0450. The van der Waals surface area contributed by atoms with E-state index in [0.717, 1.165) is 12.8 Å². The standard InChI is InChI=1S/C36H41F5O6S/c1-4-12-28-31(18-17-26(24(3)42)34(28)45)46-20-10-8-6-5-7-9-14-33(29(43)13-11-19-35(37,38)36(39,40)41)48-25-15-16-27-30(44)21-23(2)47-32(27)22-25/h5,7,9,14-18,21-22,29,33,43,45H,4,6,8,10-13,19-20H2,1-3H3/b7-5-,14-9+/t29-,33+/m1/s1. The van der Waals surface area contributed by atoms with E-state index in [4.69, 9.17) is 9.15 Å². The molecule has 0 unspecified atom stereocenters. The highest BCUT2D eigenvalue weighted by Crippen LogP contribution is 2.40. The number of aliphatic hydroxyl groups is 1. The number of unbranched alkanes of at least 4 members (excludes halogenated alkanes) is 2. The number of halogens is 5. The smallest absolute Gasteiger partial charge is 0.453 e. The fraction of sp³-hybridized carbons (Fsp3) is 0.444. The first-order valence-corrected chi connectivity index (χ1v) is 16.7. The summed E-state index contributed by atoms with van der Waals surface area (Å²) < 4.78 is 76.2. The lowest BCUT2D eigenvalue weighted by molar-refractivity contribution is -0.284. The van der Waals surface area contributed by atoms with Gasteiger partial charge >= 0.3 is 12.1 Å². The normalized spacial score (nSPS) is 13.9. The highest BCUT2D eigenvalue weighted by molar-refractivity contribution is 8.00. The first kappa shape index (κ1) is 38.8. The SMILES string of the molecule is CCCc1c(OCCCC/C=C\C=C\[C@H](Sc2ccc3c(=O)cc(C)oc3c2)[C@H](O)CCCC(F)(F)C(F)(F)F)ccc(C(C)=O)c1O. The highest BCUT2D eigenvalue weighted by atomic mass is 32.2. The summed E-state index contributed by atoms with van der Waals surface area (Å²) in [6, 6.07) is 9.49. The van der Waals surface area contributed by atoms with Crippen molar-refractivity contribution in [2.24, 2.45) is 0 Å². The molecule has 3 aromatic rings. The van der Waals surface area contributed by atoms with E-state index in [0.29, 0.717) is 58.8 Å². The molecule has 0 bridgehead atoms. The highest BCUT2D eigenvalue weighted by Gasteiger charge is 2.56. The largest absolute Gasteiger partial charge is 0.507 e. The van der Waals surface area contributed by atoms with Crippen LogP contribution in [0, 0.1) is 6.92 Å². The molecule has 0 saturated heterocycles. The maximum Gasteiger partial charge on any atom is 0.453 e. The summed E-state index contributed by atoms with van der Waals surface area (Å²) in [4.78, 5) is 24.6. The van der Waals surface area contributed by atoms with Gasteiger partial charge in [-0.2, -0.15) is 22.0 Å². The van der Waals surface area contributed by atoms with Gasteiger partial charge in [0.25, 0.3) is 0 Å². The molecular formula is C36H41F5O6S. The van der Waals surface area contributed by atoms with Crippen LogP contribution in [-0.2, 0) is 6.42 Å². The number of rotatable bonds is 18. The van der Waals surface area contributed by atoms with Gasteiger partial charge in [-0.15, -0.1) is 11.8 Å². The Kier molecular flexibility index (Phi) is 14.3. The summed E-state index contributed by atoms with van der Waals surface area (Å²) in [5.41, 5.74) is 0.999. The van der Waals surface area contributed by atoms with Crippen molar-refractivity contribution in [3.05, 3.63) is 87.8 Å². The second-order valence-electron chi connectivity index (χ2n) is 11.5. The zero-order chi connectivity index (χ0) is 35.5. The summed E-state index contributed by atoms with van der Waals surface area (Å²) in [6.07, 6.45) is 1.39. The molecule has 0 amide bonds. The van der Waals surface area contributed by atoms with E-state index in [1.165, 1.54) is 24.8 Å². The molecule has 2 N–H and O–H groups in total. The van der Waals surface area contributed by atoms with Gasteiger partial charge in [0.15, 0.2) is 11.2 Å². The summed E-state index contributed by atoms with van der Waals surface area (Å²) in [5.74, 6) is -4.14. The van der Waals surface area contributed by atoms with Crippen LogP contribution in [0.1, 0.15) is 80.5 Å². The van der Waals surface area contributed by atoms with Crippen molar-refractivity contribution in [1.29, 1.82) is 0 Å². The van der Waals surface area contributed by atoms with Crippen LogP contribution in [0.25, 0.3) is 11.0 Å². The van der Waals surface area contributed by atoms with E-state index >= 15 is 0 Å². The average molecular weight is 697 g/mol. The third kappa shape index (κ3) is 10.9. The molecule has 48 heavy (non-hydrogen) atoms. The first-order valence-electron chi connectivity index (χ1n) is 15.8. The molecule has 0 aliphatic carbocycles. The summed E-state index contributed by atoms with van der Waals surface area (Å²) in [6.45, 7) is 5.41. The van der Waals surface area contributed by atoms with Crippen LogP contribution < -0.4 is 10.2 Å². The van der Waals surface area contributed by atoms with Crippen LogP contribution in [0.2, 0.25) is 0 Å². The Bertz CT molecular complexity index is 1650. The van der Waals surface area contributed by atoms with Crippen LogP contribution in [0.3, 0.4) is 0 Å². The number of alkyl halides is 5. The molecular weight excluding hydrogens is 655 g/mol. The van der Waals surface area contributed by atoms with E-state index in [-0.39, 0.29) is 28.9 Å². The van der Waals surface area contributed by atoms with Crippen molar-refractivity contribution in [2.75, 3.05) is 6.61 Å². The number of hydrogen-bond acceptors (Lipinski definition) is 7. The molecule has 0 spiro atoms. The molecule has 0 saturated carbocycles. The van der Waals surface area contributed by atoms with Crippen molar-refractivity contribution in [2.45, 2.75) is 100 Å². The predicted molar refractivity (Wildman–Crippen MR) is 177 cm³/mol. The molecule has 262 valence electrons. The van der Waals surface area contributed by atoms with Gasteiger partial charge in [-0.05, 0) is 82.7 Å². The number of phenols is 1. The van der Waals surface area contributed by atoms with E-state index in [2.05, 4.69) is 0 Å². The number of benzene rings is 2. The fourth-order valence-corrected chi connectivity index (χ4v) is 6.09. The van der Waals surface area contributed by atoms with Crippen molar-refractivity contribution in [1.82, 2.24) is 0 Å². The number of allylic oxidation sites excluding steroid dienone is 3. The molecule has 0 fully saturated rings. The van der Waals surface area contributed by atoms with Crippen LogP contribution in [-0.4, -0.2) is 46.1 Å². The van der Waals surface area contributed by atoms with E-state index in [1.807, 2.05) is 13.0 Å². The number of fused-ring (bicyclic) bond motifs is 1. The molecule has 0 aliphatic rings. The molecule has 1 heterocycles. The van der Waals surface area contributed by atoms with Gasteiger partial charge in [-0.3, -0.25) is 9.59 Å². The maximum absolute atomic E-state index is 13.4. The van der Waals surface area contributed by atoms with Crippen LogP contribution >= 0.6 is 11.8 Å². The van der Waals surface area contributed by atoms with Crippen LogP contribution in [0.5, 0.6) is 11.5 Å². The van der Waals surface area contributed by atoms with Gasteiger partial charge in [0.05, 0.1) is 28.9 Å². The Morgan fingerprint density at radius 1 is 1.06 bits per heavy atom. The molecule has 2 atom stereocenters. The number of aliphatic hydroxyl groups excluding tert-OH is 1. The molecule has 6 nitrogen and oxygen atoms in total. The van der Waals surface area contributed by atoms with Gasteiger partial charge in [0.2, 0.25) is 0 Å². The van der Waals surface area contributed by atoms with Gasteiger partial charge < -0.3 is 19.4 Å². The zero-order valence-electron chi connectivity index (χ0n) is 27.1. The molecule has 0 radical (unpaired) electrons. The van der Waals surface area contributed by atoms with Gasteiger partial charge in [-0.25, -0.2) is 0 Å². The maximum atomic E-state index is 13.4. The Morgan fingerprint density at radius 3 is 2.50 bits per heavy atom. The number of carbonyl (C=O) groups excluding carboxylic acids is 1. The monoisotopic (exact) mass is 696 g/mol. The lowest BCUT2D eigenvalue weighted by atomic mass is 10.0.